The first-order valence-corrected chi connectivity index (χ1v) is 16.0. The van der Waals surface area contributed by atoms with Crippen LogP contribution in [0.3, 0.4) is 0 Å². The van der Waals surface area contributed by atoms with Crippen LogP contribution in [-0.4, -0.2) is 53.3 Å². The Balaban J connectivity index is 1.55. The van der Waals surface area contributed by atoms with E-state index in [1.807, 2.05) is 40.7 Å². The fraction of sp³-hybridized carbons (Fsp3) is 0.514. The molecule has 5 rings (SSSR count). The topological polar surface area (TPSA) is 75.1 Å². The van der Waals surface area contributed by atoms with E-state index in [2.05, 4.69) is 41.8 Å². The van der Waals surface area contributed by atoms with E-state index in [1.54, 1.807) is 13.2 Å². The molecule has 1 N–H and O–H groups in total. The highest BCUT2D eigenvalue weighted by Crippen LogP contribution is 2.45. The van der Waals surface area contributed by atoms with Crippen LogP contribution >= 0.6 is 0 Å². The Bertz CT molecular complexity index is 1570. The van der Waals surface area contributed by atoms with Crippen LogP contribution in [0, 0.1) is 25.1 Å². The van der Waals surface area contributed by atoms with Gasteiger partial charge in [0.25, 0.3) is 0 Å². The largest absolute Gasteiger partial charge is 0.497 e. The Kier molecular flexibility index (Phi) is 9.30. The van der Waals surface area contributed by atoms with Crippen LogP contribution in [0.5, 0.6) is 5.75 Å². The molecule has 2 aliphatic rings. The average Bonchev–Trinajstić information content (AvgIpc) is 2.95. The zero-order valence-electron chi connectivity index (χ0n) is 28.1. The summed E-state index contributed by atoms with van der Waals surface area (Å²) in [4.78, 5) is 22.4. The molecule has 1 fully saturated rings. The van der Waals surface area contributed by atoms with Crippen LogP contribution in [0.15, 0.2) is 36.4 Å². The quantitative estimate of drug-likeness (QED) is 0.278. The van der Waals surface area contributed by atoms with Gasteiger partial charge in [-0.15, -0.1) is 0 Å². The molecule has 0 saturated carbocycles. The standard InChI is InChI=1S/C37H48FN3O4/c1-23-31(27-9-10-28-22-40(14-11-26(28)19-27)21-25-17-29(38)20-30(18-25)44-8)33(41-15-12-37(6,7)13-16-41)32(24(2)39-23)34(35(42)43)45-36(3,4)5/h9-10,17-20,34H,11-16,21-22H2,1-8H3,(H,42,43)/t34-/m0/s1. The molecule has 45 heavy (non-hydrogen) atoms. The molecule has 0 aliphatic carbocycles. The Morgan fingerprint density at radius 1 is 1.04 bits per heavy atom. The Morgan fingerprint density at radius 2 is 1.76 bits per heavy atom. The lowest BCUT2D eigenvalue weighted by Gasteiger charge is -2.41. The minimum Gasteiger partial charge on any atom is -0.497 e. The molecule has 0 unspecified atom stereocenters. The highest BCUT2D eigenvalue weighted by Gasteiger charge is 2.36. The lowest BCUT2D eigenvalue weighted by molar-refractivity contribution is -0.160. The number of carboxylic acids is 1. The number of anilines is 1. The van der Waals surface area contributed by atoms with Gasteiger partial charge in [-0.25, -0.2) is 9.18 Å². The summed E-state index contributed by atoms with van der Waals surface area (Å²) in [7, 11) is 1.55. The molecule has 0 amide bonds. The fourth-order valence-electron chi connectivity index (χ4n) is 6.75. The van der Waals surface area contributed by atoms with Crippen LogP contribution in [0.1, 0.15) is 87.2 Å². The molecule has 3 heterocycles. The molecule has 1 aromatic heterocycles. The van der Waals surface area contributed by atoms with Crippen LogP contribution in [0.2, 0.25) is 0 Å². The molecular weight excluding hydrogens is 569 g/mol. The van der Waals surface area contributed by atoms with E-state index in [4.69, 9.17) is 14.5 Å². The number of fused-ring (bicyclic) bond motifs is 1. The number of piperidine rings is 1. The number of carboxylic acid groups (broad SMARTS) is 1. The van der Waals surface area contributed by atoms with Crippen LogP contribution in [0.25, 0.3) is 11.1 Å². The molecule has 1 atom stereocenters. The second-order valence-electron chi connectivity index (χ2n) is 14.5. The highest BCUT2D eigenvalue weighted by molar-refractivity contribution is 5.88. The van der Waals surface area contributed by atoms with Crippen molar-refractivity contribution in [2.45, 2.75) is 92.5 Å². The molecule has 8 heteroatoms. The summed E-state index contributed by atoms with van der Waals surface area (Å²) in [5.41, 5.74) is 8.16. The minimum absolute atomic E-state index is 0.233. The van der Waals surface area contributed by atoms with Gasteiger partial charge in [-0.3, -0.25) is 9.88 Å². The lowest BCUT2D eigenvalue weighted by Crippen LogP contribution is -2.39. The molecule has 7 nitrogen and oxygen atoms in total. The number of aliphatic carboxylic acids is 1. The third-order valence-electron chi connectivity index (χ3n) is 9.13. The summed E-state index contributed by atoms with van der Waals surface area (Å²) in [6, 6.07) is 11.5. The van der Waals surface area contributed by atoms with Crippen molar-refractivity contribution in [3.63, 3.8) is 0 Å². The van der Waals surface area contributed by atoms with Crippen molar-refractivity contribution in [1.82, 2.24) is 9.88 Å². The van der Waals surface area contributed by atoms with Crippen molar-refractivity contribution < 1.29 is 23.8 Å². The second kappa shape index (κ2) is 12.7. The Labute approximate surface area is 267 Å². The molecule has 1 saturated heterocycles. The van der Waals surface area contributed by atoms with E-state index in [-0.39, 0.29) is 11.2 Å². The Hall–Kier alpha value is -3.49. The number of carbonyl (C=O) groups is 1. The molecule has 3 aromatic rings. The average molecular weight is 618 g/mol. The molecule has 0 spiro atoms. The van der Waals surface area contributed by atoms with E-state index in [9.17, 15) is 14.3 Å². The third-order valence-corrected chi connectivity index (χ3v) is 9.13. The van der Waals surface area contributed by atoms with Gasteiger partial charge < -0.3 is 19.5 Å². The molecule has 0 bridgehead atoms. The molecule has 0 radical (unpaired) electrons. The summed E-state index contributed by atoms with van der Waals surface area (Å²) in [6.45, 7) is 18.1. The first-order valence-electron chi connectivity index (χ1n) is 16.0. The number of nitrogens with zero attached hydrogens (tertiary/aromatic N) is 3. The summed E-state index contributed by atoms with van der Waals surface area (Å²) < 4.78 is 25.6. The van der Waals surface area contributed by atoms with Gasteiger partial charge in [0, 0.05) is 61.3 Å². The van der Waals surface area contributed by atoms with Gasteiger partial charge in [0.1, 0.15) is 11.6 Å². The monoisotopic (exact) mass is 617 g/mol. The molecular formula is C37H48FN3O4. The van der Waals surface area contributed by atoms with Gasteiger partial charge in [0.05, 0.1) is 18.4 Å². The SMILES string of the molecule is COc1cc(F)cc(CN2CCc3cc(-c4c(C)nc(C)c([C@H](OC(C)(C)C)C(=O)O)c4N4CCC(C)(C)CC4)ccc3C2)c1. The summed E-state index contributed by atoms with van der Waals surface area (Å²) in [6.07, 6.45) is 1.75. The van der Waals surface area contributed by atoms with E-state index in [1.165, 1.54) is 17.2 Å². The molecule has 242 valence electrons. The number of hydrogen-bond acceptors (Lipinski definition) is 6. The highest BCUT2D eigenvalue weighted by atomic mass is 19.1. The first kappa shape index (κ1) is 32.9. The van der Waals surface area contributed by atoms with Gasteiger partial charge in [-0.2, -0.15) is 0 Å². The summed E-state index contributed by atoms with van der Waals surface area (Å²) in [5.74, 6) is -0.775. The van der Waals surface area contributed by atoms with Crippen molar-refractivity contribution >= 4 is 11.7 Å². The summed E-state index contributed by atoms with van der Waals surface area (Å²) >= 11 is 0. The number of halogens is 1. The first-order chi connectivity index (χ1) is 21.1. The number of benzene rings is 2. The lowest BCUT2D eigenvalue weighted by atomic mass is 9.81. The maximum absolute atomic E-state index is 14.1. The van der Waals surface area contributed by atoms with E-state index in [0.717, 1.165) is 73.5 Å². The van der Waals surface area contributed by atoms with E-state index in [0.29, 0.717) is 23.6 Å². The number of hydrogen-bond donors (Lipinski definition) is 1. The predicted octanol–water partition coefficient (Wildman–Crippen LogP) is 7.64. The predicted molar refractivity (Wildman–Crippen MR) is 176 cm³/mol. The zero-order chi connectivity index (χ0) is 32.7. The van der Waals surface area contributed by atoms with Crippen molar-refractivity contribution in [3.8, 4) is 16.9 Å². The van der Waals surface area contributed by atoms with Crippen molar-refractivity contribution in [2.75, 3.05) is 31.6 Å². The number of ether oxygens (including phenoxy) is 2. The fourth-order valence-corrected chi connectivity index (χ4v) is 6.75. The molecule has 2 aliphatic heterocycles. The third kappa shape index (κ3) is 7.50. The van der Waals surface area contributed by atoms with Crippen molar-refractivity contribution in [2.24, 2.45) is 5.41 Å². The number of aryl methyl sites for hydroxylation is 2. The van der Waals surface area contributed by atoms with Gasteiger partial charge in [0.15, 0.2) is 6.10 Å². The van der Waals surface area contributed by atoms with Crippen molar-refractivity contribution in [1.29, 1.82) is 0 Å². The van der Waals surface area contributed by atoms with Gasteiger partial charge >= 0.3 is 5.97 Å². The zero-order valence-corrected chi connectivity index (χ0v) is 28.1. The second-order valence-corrected chi connectivity index (χ2v) is 14.5. The number of aromatic nitrogens is 1. The van der Waals surface area contributed by atoms with Gasteiger partial charge in [-0.1, -0.05) is 32.0 Å². The van der Waals surface area contributed by atoms with Crippen LogP contribution < -0.4 is 9.64 Å². The van der Waals surface area contributed by atoms with Gasteiger partial charge in [0.2, 0.25) is 0 Å². The smallest absolute Gasteiger partial charge is 0.337 e. The number of methoxy groups -OCH3 is 1. The maximum Gasteiger partial charge on any atom is 0.337 e. The maximum atomic E-state index is 14.1. The number of rotatable bonds is 8. The Morgan fingerprint density at radius 3 is 2.40 bits per heavy atom. The van der Waals surface area contributed by atoms with Gasteiger partial charge in [-0.05, 0) is 93.7 Å². The minimum atomic E-state index is -1.14. The van der Waals surface area contributed by atoms with E-state index < -0.39 is 17.7 Å². The molecule has 2 aromatic carbocycles. The van der Waals surface area contributed by atoms with Crippen LogP contribution in [0.4, 0.5) is 10.1 Å². The van der Waals surface area contributed by atoms with Crippen LogP contribution in [-0.2, 0) is 29.0 Å². The summed E-state index contributed by atoms with van der Waals surface area (Å²) in [5, 5.41) is 10.5. The van der Waals surface area contributed by atoms with E-state index >= 15 is 0 Å². The van der Waals surface area contributed by atoms with Crippen molar-refractivity contribution in [3.05, 3.63) is 75.9 Å². The normalized spacial score (nSPS) is 17.6. The number of pyridine rings is 1.